The quantitative estimate of drug-likeness (QED) is 0.622. The molecular formula is C12H24N2O3. The van der Waals surface area contributed by atoms with E-state index < -0.39 is 5.60 Å². The number of nitrogens with one attached hydrogen (secondary N) is 1. The van der Waals surface area contributed by atoms with E-state index in [2.05, 4.69) is 5.32 Å². The first-order valence-electron chi connectivity index (χ1n) is 6.37. The van der Waals surface area contributed by atoms with Crippen LogP contribution in [0.1, 0.15) is 32.6 Å². The van der Waals surface area contributed by atoms with Crippen LogP contribution in [0.3, 0.4) is 0 Å². The maximum atomic E-state index is 11.8. The number of hydrogen-bond donors (Lipinski definition) is 3. The molecule has 1 saturated heterocycles. The van der Waals surface area contributed by atoms with Crippen LogP contribution in [0.2, 0.25) is 0 Å². The first-order chi connectivity index (χ1) is 8.05. The van der Waals surface area contributed by atoms with Gasteiger partial charge in [-0.2, -0.15) is 0 Å². The Kier molecular flexibility index (Phi) is 5.88. The molecule has 0 aromatic rings. The minimum Gasteiger partial charge on any atom is -0.393 e. The Labute approximate surface area is 103 Å². The van der Waals surface area contributed by atoms with Crippen LogP contribution in [0, 0.1) is 0 Å². The van der Waals surface area contributed by atoms with Gasteiger partial charge in [-0.15, -0.1) is 0 Å². The Bertz CT molecular complexity index is 236. The van der Waals surface area contributed by atoms with Crippen molar-refractivity contribution in [3.8, 4) is 0 Å². The van der Waals surface area contributed by atoms with E-state index in [0.29, 0.717) is 0 Å². The summed E-state index contributed by atoms with van der Waals surface area (Å²) in [5.41, 5.74) is -1.15. The lowest BCUT2D eigenvalue weighted by molar-refractivity contribution is -0.130. The van der Waals surface area contributed by atoms with Gasteiger partial charge in [-0.1, -0.05) is 12.8 Å². The summed E-state index contributed by atoms with van der Waals surface area (Å²) in [6.07, 6.45) is 4.58. The molecule has 0 spiro atoms. The lowest BCUT2D eigenvalue weighted by atomic mass is 10.1. The van der Waals surface area contributed by atoms with Crippen LogP contribution in [-0.4, -0.2) is 59.4 Å². The third kappa shape index (κ3) is 5.48. The average molecular weight is 244 g/mol. The lowest BCUT2D eigenvalue weighted by Crippen LogP contribution is -2.45. The van der Waals surface area contributed by atoms with Crippen molar-refractivity contribution in [3.05, 3.63) is 0 Å². The van der Waals surface area contributed by atoms with Gasteiger partial charge in [0.2, 0.25) is 5.91 Å². The summed E-state index contributed by atoms with van der Waals surface area (Å²) in [6, 6.07) is 0. The highest BCUT2D eigenvalue weighted by atomic mass is 16.3. The Morgan fingerprint density at radius 2 is 1.88 bits per heavy atom. The molecule has 17 heavy (non-hydrogen) atoms. The highest BCUT2D eigenvalue weighted by molar-refractivity contribution is 5.78. The number of amides is 1. The SMILES string of the molecule is CC(O)(CO)CNCC(=O)N1CCCCCC1. The smallest absolute Gasteiger partial charge is 0.236 e. The maximum Gasteiger partial charge on any atom is 0.236 e. The molecule has 1 amide bonds. The number of carbonyl (C=O) groups excluding carboxylic acids is 1. The van der Waals surface area contributed by atoms with Gasteiger partial charge in [0.05, 0.1) is 18.8 Å². The van der Waals surface area contributed by atoms with Gasteiger partial charge in [0.1, 0.15) is 0 Å². The van der Waals surface area contributed by atoms with Gasteiger partial charge < -0.3 is 20.4 Å². The second kappa shape index (κ2) is 6.93. The first kappa shape index (κ1) is 14.4. The van der Waals surface area contributed by atoms with E-state index in [0.717, 1.165) is 25.9 Å². The van der Waals surface area contributed by atoms with Crippen molar-refractivity contribution >= 4 is 5.91 Å². The van der Waals surface area contributed by atoms with E-state index in [1.54, 1.807) is 0 Å². The minimum atomic E-state index is -1.15. The number of likely N-dealkylation sites (tertiary alicyclic amines) is 1. The standard InChI is InChI=1S/C12H24N2O3/c1-12(17,10-15)9-13-8-11(16)14-6-4-2-3-5-7-14/h13,15,17H,2-10H2,1H3. The summed E-state index contributed by atoms with van der Waals surface area (Å²) in [5, 5.41) is 21.3. The Balaban J connectivity index is 2.24. The molecule has 5 nitrogen and oxygen atoms in total. The number of aliphatic hydroxyl groups is 2. The molecule has 100 valence electrons. The molecule has 1 heterocycles. The summed E-state index contributed by atoms with van der Waals surface area (Å²) in [7, 11) is 0. The summed E-state index contributed by atoms with van der Waals surface area (Å²) in [4.78, 5) is 13.7. The van der Waals surface area contributed by atoms with Gasteiger partial charge >= 0.3 is 0 Å². The largest absolute Gasteiger partial charge is 0.393 e. The minimum absolute atomic E-state index is 0.0839. The molecule has 1 unspecified atom stereocenters. The zero-order valence-electron chi connectivity index (χ0n) is 10.6. The lowest BCUT2D eigenvalue weighted by Gasteiger charge is -2.23. The molecule has 0 bridgehead atoms. The molecule has 0 aliphatic carbocycles. The third-order valence-electron chi connectivity index (χ3n) is 3.08. The Morgan fingerprint density at radius 3 is 2.41 bits per heavy atom. The number of aliphatic hydroxyl groups excluding tert-OH is 1. The highest BCUT2D eigenvalue weighted by Gasteiger charge is 2.20. The molecule has 1 aliphatic rings. The van der Waals surface area contributed by atoms with Crippen molar-refractivity contribution in [2.24, 2.45) is 0 Å². The Morgan fingerprint density at radius 1 is 1.29 bits per heavy atom. The normalized spacial score (nSPS) is 20.8. The molecule has 1 aliphatic heterocycles. The second-order valence-electron chi connectivity index (χ2n) is 5.05. The fourth-order valence-electron chi connectivity index (χ4n) is 1.93. The monoisotopic (exact) mass is 244 g/mol. The number of nitrogens with zero attached hydrogens (tertiary/aromatic N) is 1. The van der Waals surface area contributed by atoms with Crippen molar-refractivity contribution in [2.45, 2.75) is 38.2 Å². The van der Waals surface area contributed by atoms with Gasteiger partial charge in [-0.3, -0.25) is 4.79 Å². The Hall–Kier alpha value is -0.650. The summed E-state index contributed by atoms with van der Waals surface area (Å²) < 4.78 is 0. The molecule has 5 heteroatoms. The van der Waals surface area contributed by atoms with Gasteiger partial charge in [0.25, 0.3) is 0 Å². The number of rotatable bonds is 5. The first-order valence-corrected chi connectivity index (χ1v) is 6.37. The van der Waals surface area contributed by atoms with Crippen molar-refractivity contribution in [1.29, 1.82) is 0 Å². The van der Waals surface area contributed by atoms with Crippen LogP contribution >= 0.6 is 0 Å². The van der Waals surface area contributed by atoms with E-state index in [-0.39, 0.29) is 25.6 Å². The van der Waals surface area contributed by atoms with Crippen molar-refractivity contribution in [2.75, 3.05) is 32.8 Å². The topological polar surface area (TPSA) is 72.8 Å². The van der Waals surface area contributed by atoms with Crippen LogP contribution in [0.4, 0.5) is 0 Å². The van der Waals surface area contributed by atoms with Gasteiger partial charge in [-0.25, -0.2) is 0 Å². The second-order valence-corrected chi connectivity index (χ2v) is 5.05. The van der Waals surface area contributed by atoms with Gasteiger partial charge in [0.15, 0.2) is 0 Å². The molecule has 3 N–H and O–H groups in total. The van der Waals surface area contributed by atoms with Crippen LogP contribution in [0.25, 0.3) is 0 Å². The zero-order chi connectivity index (χ0) is 12.7. The van der Waals surface area contributed by atoms with E-state index in [4.69, 9.17) is 5.11 Å². The predicted molar refractivity (Wildman–Crippen MR) is 65.6 cm³/mol. The van der Waals surface area contributed by atoms with Crippen molar-refractivity contribution in [3.63, 3.8) is 0 Å². The summed E-state index contributed by atoms with van der Waals surface area (Å²) in [6.45, 7) is 3.38. The fourth-order valence-corrected chi connectivity index (χ4v) is 1.93. The molecule has 0 aromatic carbocycles. The van der Waals surface area contributed by atoms with Crippen LogP contribution < -0.4 is 5.32 Å². The third-order valence-corrected chi connectivity index (χ3v) is 3.08. The maximum absolute atomic E-state index is 11.8. The van der Waals surface area contributed by atoms with Crippen LogP contribution in [-0.2, 0) is 4.79 Å². The van der Waals surface area contributed by atoms with E-state index >= 15 is 0 Å². The molecule has 0 radical (unpaired) electrons. The summed E-state index contributed by atoms with van der Waals surface area (Å²) in [5.74, 6) is 0.0839. The molecule has 1 atom stereocenters. The molecule has 0 aromatic heterocycles. The van der Waals surface area contributed by atoms with E-state index in [1.807, 2.05) is 4.90 Å². The molecule has 0 saturated carbocycles. The van der Waals surface area contributed by atoms with Crippen LogP contribution in [0.15, 0.2) is 0 Å². The number of carbonyl (C=O) groups is 1. The molecular weight excluding hydrogens is 220 g/mol. The van der Waals surface area contributed by atoms with E-state index in [1.165, 1.54) is 19.8 Å². The van der Waals surface area contributed by atoms with Crippen molar-refractivity contribution in [1.82, 2.24) is 10.2 Å². The van der Waals surface area contributed by atoms with Crippen molar-refractivity contribution < 1.29 is 15.0 Å². The van der Waals surface area contributed by atoms with Gasteiger partial charge in [0, 0.05) is 19.6 Å². The predicted octanol–water partition coefficient (Wildman–Crippen LogP) is -0.278. The average Bonchev–Trinajstić information content (AvgIpc) is 2.57. The molecule has 1 rings (SSSR count). The van der Waals surface area contributed by atoms with Crippen LogP contribution in [0.5, 0.6) is 0 Å². The highest BCUT2D eigenvalue weighted by Crippen LogP contribution is 2.09. The number of hydrogen-bond acceptors (Lipinski definition) is 4. The zero-order valence-corrected chi connectivity index (χ0v) is 10.6. The fraction of sp³-hybridized carbons (Fsp3) is 0.917. The summed E-state index contributed by atoms with van der Waals surface area (Å²) >= 11 is 0. The van der Waals surface area contributed by atoms with E-state index in [9.17, 15) is 9.90 Å². The molecule has 1 fully saturated rings. The van der Waals surface area contributed by atoms with Gasteiger partial charge in [-0.05, 0) is 19.8 Å².